The number of hydrogen-bond acceptors (Lipinski definition) is 7. The van der Waals surface area contributed by atoms with Gasteiger partial charge in [-0.2, -0.15) is 0 Å². The highest BCUT2D eigenvalue weighted by Crippen LogP contribution is 2.27. The van der Waals surface area contributed by atoms with Gasteiger partial charge < -0.3 is 10.1 Å². The van der Waals surface area contributed by atoms with E-state index >= 15 is 0 Å². The minimum Gasteiger partial charge on any atom is -0.457 e. The molecule has 1 unspecified atom stereocenters. The molecular formula is C22H24ClN3O7S. The average Bonchev–Trinajstić information content (AvgIpc) is 2.99. The Morgan fingerprint density at radius 2 is 1.68 bits per heavy atom. The molecule has 0 bridgehead atoms. The molecule has 1 fully saturated rings. The number of urea groups is 1. The van der Waals surface area contributed by atoms with Gasteiger partial charge in [0.15, 0.2) is 9.84 Å². The molecule has 1 atom stereocenters. The quantitative estimate of drug-likeness (QED) is 0.218. The zero-order valence-corrected chi connectivity index (χ0v) is 20.0. The Morgan fingerprint density at radius 1 is 1.12 bits per heavy atom. The number of nitrogens with one attached hydrogen (secondary N) is 1. The normalized spacial score (nSPS) is 16.2. The summed E-state index contributed by atoms with van der Waals surface area (Å²) < 4.78 is 31.9. The average molecular weight is 510 g/mol. The van der Waals surface area contributed by atoms with Crippen molar-refractivity contribution in [2.45, 2.75) is 36.7 Å². The van der Waals surface area contributed by atoms with Gasteiger partial charge >= 0.3 is 6.03 Å². The second kappa shape index (κ2) is 10.00. The third-order valence-corrected chi connectivity index (χ3v) is 7.28. The largest absolute Gasteiger partial charge is 0.457 e. The van der Waals surface area contributed by atoms with Crippen LogP contribution < -0.4 is 10.1 Å². The van der Waals surface area contributed by atoms with E-state index in [0.717, 1.165) is 4.90 Å². The van der Waals surface area contributed by atoms with Crippen molar-refractivity contribution in [1.82, 2.24) is 15.3 Å². The summed E-state index contributed by atoms with van der Waals surface area (Å²) in [7, 11) is -3.97. The van der Waals surface area contributed by atoms with Gasteiger partial charge in [-0.05, 0) is 68.8 Å². The van der Waals surface area contributed by atoms with Gasteiger partial charge in [-0.15, -0.1) is 0 Å². The molecule has 2 aromatic rings. The van der Waals surface area contributed by atoms with Gasteiger partial charge in [-0.3, -0.25) is 19.7 Å². The van der Waals surface area contributed by atoms with Crippen molar-refractivity contribution in [3.63, 3.8) is 0 Å². The molecule has 0 aliphatic carbocycles. The summed E-state index contributed by atoms with van der Waals surface area (Å²) >= 11 is 5.85. The predicted molar refractivity (Wildman–Crippen MR) is 122 cm³/mol. The first-order valence-corrected chi connectivity index (χ1v) is 12.3. The van der Waals surface area contributed by atoms with E-state index in [0.29, 0.717) is 21.6 Å². The van der Waals surface area contributed by atoms with Crippen LogP contribution in [-0.4, -0.2) is 65.8 Å². The van der Waals surface area contributed by atoms with Crippen molar-refractivity contribution in [1.29, 1.82) is 0 Å². The number of carbonyl (C=O) groups excluding carboxylic acids is 3. The number of ether oxygens (including phenoxy) is 1. The van der Waals surface area contributed by atoms with E-state index in [1.165, 1.54) is 38.1 Å². The molecule has 34 heavy (non-hydrogen) atoms. The Hall–Kier alpha value is -3.15. The lowest BCUT2D eigenvalue weighted by Crippen LogP contribution is -2.47. The van der Waals surface area contributed by atoms with Crippen LogP contribution in [0.1, 0.15) is 20.3 Å². The van der Waals surface area contributed by atoms with Gasteiger partial charge in [-0.25, -0.2) is 18.3 Å². The second-order valence-electron chi connectivity index (χ2n) is 8.25. The van der Waals surface area contributed by atoms with E-state index in [-0.39, 0.29) is 24.3 Å². The summed E-state index contributed by atoms with van der Waals surface area (Å²) in [5.41, 5.74) is -1.21. The minimum atomic E-state index is -3.97. The number of rotatable bonds is 10. The van der Waals surface area contributed by atoms with Crippen molar-refractivity contribution in [3.05, 3.63) is 53.6 Å². The first-order valence-electron chi connectivity index (χ1n) is 10.3. The van der Waals surface area contributed by atoms with Gasteiger partial charge in [0, 0.05) is 5.02 Å². The number of sulfone groups is 1. The molecule has 1 aliphatic heterocycles. The molecule has 1 saturated heterocycles. The van der Waals surface area contributed by atoms with Crippen LogP contribution in [0, 0.1) is 0 Å². The van der Waals surface area contributed by atoms with E-state index < -0.39 is 39.1 Å². The lowest BCUT2D eigenvalue weighted by atomic mass is 10.1. The van der Waals surface area contributed by atoms with Crippen LogP contribution in [0.25, 0.3) is 0 Å². The van der Waals surface area contributed by atoms with Crippen molar-refractivity contribution in [3.8, 4) is 11.5 Å². The van der Waals surface area contributed by atoms with Crippen LogP contribution in [0.15, 0.2) is 53.4 Å². The Labute approximate surface area is 201 Å². The Kier molecular flexibility index (Phi) is 7.49. The van der Waals surface area contributed by atoms with Gasteiger partial charge in [0.25, 0.3) is 5.91 Å². The summed E-state index contributed by atoms with van der Waals surface area (Å²) in [4.78, 5) is 36.7. The summed E-state index contributed by atoms with van der Waals surface area (Å²) in [6, 6.07) is 10.5. The topological polar surface area (TPSA) is 133 Å². The highest BCUT2D eigenvalue weighted by atomic mass is 35.5. The number of nitrogens with zero attached hydrogens (tertiary/aromatic N) is 2. The zero-order chi connectivity index (χ0) is 25.1. The fourth-order valence-corrected chi connectivity index (χ4v) is 5.12. The first kappa shape index (κ1) is 25.5. The molecule has 12 heteroatoms. The maximum atomic E-state index is 13.1. The second-order valence-corrected chi connectivity index (χ2v) is 10.7. The van der Waals surface area contributed by atoms with Crippen LogP contribution in [0.2, 0.25) is 5.02 Å². The monoisotopic (exact) mass is 509 g/mol. The Balaban J connectivity index is 1.80. The van der Waals surface area contributed by atoms with Crippen LogP contribution in [0.4, 0.5) is 4.79 Å². The van der Waals surface area contributed by atoms with Crippen molar-refractivity contribution in [2.24, 2.45) is 0 Å². The molecule has 0 spiro atoms. The molecule has 0 radical (unpaired) electrons. The molecule has 0 saturated carbocycles. The molecule has 10 nitrogen and oxygen atoms in total. The number of imide groups is 1. The number of hydroxylamine groups is 2. The lowest BCUT2D eigenvalue weighted by Gasteiger charge is -2.27. The predicted octanol–water partition coefficient (Wildman–Crippen LogP) is 2.84. The number of amides is 4. The standard InChI is InChI=1S/C22H24ClN3O7S/c1-22(2)20(28)26(21(29)24-22)16(11-12-25(30)14-27)13-34(31,32)19-9-7-18(8-10-19)33-17-5-3-15(23)4-6-17/h3-10,14,16,30H,11-13H2,1-2H3,(H,24,29). The molecule has 1 aliphatic rings. The van der Waals surface area contributed by atoms with E-state index in [4.69, 9.17) is 16.3 Å². The molecule has 4 amide bonds. The van der Waals surface area contributed by atoms with Gasteiger partial charge in [0.05, 0.1) is 23.2 Å². The zero-order valence-electron chi connectivity index (χ0n) is 18.5. The SMILES string of the molecule is CC1(C)NC(=O)N(C(CCN(O)C=O)CS(=O)(=O)c2ccc(Oc3ccc(Cl)cc3)cc2)C1=O. The fraction of sp³-hybridized carbons (Fsp3) is 0.318. The third kappa shape index (κ3) is 5.85. The molecular weight excluding hydrogens is 486 g/mol. The van der Waals surface area contributed by atoms with Crippen molar-refractivity contribution in [2.75, 3.05) is 12.3 Å². The minimum absolute atomic E-state index is 0.0384. The third-order valence-electron chi connectivity index (χ3n) is 5.21. The maximum Gasteiger partial charge on any atom is 0.325 e. The molecule has 182 valence electrons. The summed E-state index contributed by atoms with van der Waals surface area (Å²) in [5.74, 6) is -0.271. The molecule has 2 aromatic carbocycles. The summed E-state index contributed by atoms with van der Waals surface area (Å²) in [5, 5.41) is 12.8. The van der Waals surface area contributed by atoms with Crippen LogP contribution in [0.3, 0.4) is 0 Å². The Morgan fingerprint density at radius 3 is 2.18 bits per heavy atom. The van der Waals surface area contributed by atoms with E-state index in [1.54, 1.807) is 24.3 Å². The van der Waals surface area contributed by atoms with Crippen LogP contribution in [0.5, 0.6) is 11.5 Å². The van der Waals surface area contributed by atoms with Crippen LogP contribution in [-0.2, 0) is 19.4 Å². The molecule has 2 N–H and O–H groups in total. The van der Waals surface area contributed by atoms with Gasteiger partial charge in [0.1, 0.15) is 17.0 Å². The van der Waals surface area contributed by atoms with E-state index in [2.05, 4.69) is 5.32 Å². The Bertz CT molecular complexity index is 1170. The lowest BCUT2D eigenvalue weighted by molar-refractivity contribution is -0.150. The molecule has 3 rings (SSSR count). The maximum absolute atomic E-state index is 13.1. The van der Waals surface area contributed by atoms with Crippen LogP contribution >= 0.6 is 11.6 Å². The molecule has 0 aromatic heterocycles. The van der Waals surface area contributed by atoms with Crippen molar-refractivity contribution < 1.29 is 32.7 Å². The number of carbonyl (C=O) groups is 3. The summed E-state index contributed by atoms with van der Waals surface area (Å²) in [6.45, 7) is 2.74. The highest BCUT2D eigenvalue weighted by Gasteiger charge is 2.48. The fourth-order valence-electron chi connectivity index (χ4n) is 3.43. The number of halogens is 1. The molecule has 1 heterocycles. The van der Waals surface area contributed by atoms with Gasteiger partial charge in [-0.1, -0.05) is 11.6 Å². The number of benzene rings is 2. The van der Waals surface area contributed by atoms with E-state index in [1.807, 2.05) is 0 Å². The summed E-state index contributed by atoms with van der Waals surface area (Å²) in [6.07, 6.45) is 0.0161. The smallest absolute Gasteiger partial charge is 0.325 e. The van der Waals surface area contributed by atoms with Gasteiger partial charge in [0.2, 0.25) is 6.41 Å². The van der Waals surface area contributed by atoms with Crippen molar-refractivity contribution >= 4 is 39.8 Å². The highest BCUT2D eigenvalue weighted by molar-refractivity contribution is 7.91. The number of hydrogen-bond donors (Lipinski definition) is 2. The van der Waals surface area contributed by atoms with E-state index in [9.17, 15) is 28.0 Å². The first-order chi connectivity index (χ1) is 15.9.